The summed E-state index contributed by atoms with van der Waals surface area (Å²) in [5.74, 6) is 5.53. The molecule has 0 heterocycles. The largest absolute Gasteiger partial charge is 0.466 e. The Morgan fingerprint density at radius 3 is 2.41 bits per heavy atom. The monoisotopic (exact) mass is 531 g/mol. The Kier molecular flexibility index (Phi) is 10.8. The average Bonchev–Trinajstić information content (AvgIpc) is 2.92. The maximum Gasteiger partial charge on any atom is 0.306 e. The molecule has 1 unspecified atom stereocenters. The fourth-order valence-corrected chi connectivity index (χ4v) is 5.17. The number of aryl methyl sites for hydroxylation is 2. The van der Waals surface area contributed by atoms with Crippen molar-refractivity contribution in [1.29, 1.82) is 0 Å². The number of para-hydroxylation sites is 1. The van der Waals surface area contributed by atoms with E-state index in [0.29, 0.717) is 6.61 Å². The Morgan fingerprint density at radius 2 is 1.74 bits per heavy atom. The topological polar surface area (TPSA) is 82.9 Å². The van der Waals surface area contributed by atoms with Crippen molar-refractivity contribution in [3.63, 3.8) is 0 Å². The average molecular weight is 532 g/mol. The van der Waals surface area contributed by atoms with Crippen molar-refractivity contribution in [3.05, 3.63) is 88.0 Å². The molecule has 0 aliphatic carbocycles. The van der Waals surface area contributed by atoms with E-state index in [1.54, 1.807) is 0 Å². The number of ether oxygens (including phenoxy) is 1. The van der Waals surface area contributed by atoms with Crippen LogP contribution in [0.15, 0.2) is 54.6 Å². The van der Waals surface area contributed by atoms with Crippen LogP contribution < -0.4 is 21.5 Å². The van der Waals surface area contributed by atoms with Crippen LogP contribution >= 0.6 is 0 Å². The van der Waals surface area contributed by atoms with Crippen molar-refractivity contribution in [2.75, 3.05) is 56.5 Å². The molecule has 3 rings (SSSR count). The first kappa shape index (κ1) is 30.0. The maximum absolute atomic E-state index is 12.7. The fourth-order valence-electron chi connectivity index (χ4n) is 5.17. The molecule has 0 aliphatic heterocycles. The minimum Gasteiger partial charge on any atom is -0.466 e. The molecule has 3 aromatic carbocycles. The van der Waals surface area contributed by atoms with Crippen LogP contribution in [0.3, 0.4) is 0 Å². The van der Waals surface area contributed by atoms with E-state index in [-0.39, 0.29) is 18.3 Å². The molecule has 0 aliphatic rings. The van der Waals surface area contributed by atoms with Crippen LogP contribution in [-0.2, 0) is 16.1 Å². The molecular weight excluding hydrogens is 486 g/mol. The van der Waals surface area contributed by atoms with Gasteiger partial charge in [0, 0.05) is 45.3 Å². The Bertz CT molecular complexity index is 1260. The van der Waals surface area contributed by atoms with E-state index >= 15 is 0 Å². The number of carbonyl (C=O) groups is 1. The number of nitrogens with one attached hydrogen (secondary N) is 2. The third-order valence-electron chi connectivity index (χ3n) is 7.53. The molecule has 3 aromatic rings. The summed E-state index contributed by atoms with van der Waals surface area (Å²) >= 11 is 0. The van der Waals surface area contributed by atoms with Crippen LogP contribution in [0.4, 0.5) is 17.1 Å². The van der Waals surface area contributed by atoms with Gasteiger partial charge in [-0.3, -0.25) is 10.6 Å². The minimum atomic E-state index is -0.208. The van der Waals surface area contributed by atoms with Gasteiger partial charge >= 0.3 is 5.97 Å². The number of nitrogens with zero attached hydrogens (tertiary/aromatic N) is 2. The summed E-state index contributed by atoms with van der Waals surface area (Å²) in [4.78, 5) is 17.4. The summed E-state index contributed by atoms with van der Waals surface area (Å²) in [5.41, 5.74) is 12.8. The number of carbonyl (C=O) groups excluding carboxylic acids is 1. The summed E-state index contributed by atoms with van der Waals surface area (Å²) < 4.78 is 5.37. The Labute approximate surface area is 234 Å². The molecule has 0 aromatic heterocycles. The van der Waals surface area contributed by atoms with Gasteiger partial charge in [-0.1, -0.05) is 42.5 Å². The predicted octanol–water partition coefficient (Wildman–Crippen LogP) is 5.59. The number of hydrogen-bond acceptors (Lipinski definition) is 7. The van der Waals surface area contributed by atoms with Crippen LogP contribution in [0.25, 0.3) is 0 Å². The van der Waals surface area contributed by atoms with E-state index in [1.165, 1.54) is 22.4 Å². The number of nitrogens with two attached hydrogens (primary N) is 1. The van der Waals surface area contributed by atoms with Gasteiger partial charge in [0.15, 0.2) is 0 Å². The molecule has 39 heavy (non-hydrogen) atoms. The van der Waals surface area contributed by atoms with Gasteiger partial charge in [0.1, 0.15) is 0 Å². The van der Waals surface area contributed by atoms with Crippen LogP contribution in [0.1, 0.15) is 52.6 Å². The minimum absolute atomic E-state index is 0.154. The highest BCUT2D eigenvalue weighted by Gasteiger charge is 2.24. The fraction of sp³-hybridized carbons (Fsp3) is 0.406. The van der Waals surface area contributed by atoms with Gasteiger partial charge in [0.25, 0.3) is 0 Å². The van der Waals surface area contributed by atoms with Crippen molar-refractivity contribution in [2.24, 2.45) is 5.84 Å². The van der Waals surface area contributed by atoms with Crippen LogP contribution in [0.2, 0.25) is 0 Å². The van der Waals surface area contributed by atoms with Crippen LogP contribution in [0, 0.1) is 20.8 Å². The first-order chi connectivity index (χ1) is 18.7. The molecule has 210 valence electrons. The summed E-state index contributed by atoms with van der Waals surface area (Å²) in [5, 5.41) is 3.18. The summed E-state index contributed by atoms with van der Waals surface area (Å²) in [6.45, 7) is 11.2. The molecule has 0 spiro atoms. The first-order valence-electron chi connectivity index (χ1n) is 13.7. The lowest BCUT2D eigenvalue weighted by Crippen LogP contribution is -2.31. The number of benzene rings is 3. The van der Waals surface area contributed by atoms with Crippen molar-refractivity contribution in [1.82, 2.24) is 4.90 Å². The molecule has 0 saturated heterocycles. The smallest absolute Gasteiger partial charge is 0.306 e. The zero-order valence-electron chi connectivity index (χ0n) is 24.6. The van der Waals surface area contributed by atoms with Gasteiger partial charge in [-0.25, -0.2) is 0 Å². The molecule has 1 atom stereocenters. The van der Waals surface area contributed by atoms with E-state index in [1.807, 2.05) is 27.0 Å². The number of likely N-dealkylation sites (N-methyl/N-ethyl adjacent to an activating group) is 2. The molecule has 4 N–H and O–H groups in total. The van der Waals surface area contributed by atoms with Crippen molar-refractivity contribution < 1.29 is 9.53 Å². The lowest BCUT2D eigenvalue weighted by Gasteiger charge is -2.26. The van der Waals surface area contributed by atoms with Crippen molar-refractivity contribution in [2.45, 2.75) is 46.6 Å². The van der Waals surface area contributed by atoms with Gasteiger partial charge < -0.3 is 25.3 Å². The summed E-state index contributed by atoms with van der Waals surface area (Å²) in [6.07, 6.45) is 0.261. The van der Waals surface area contributed by atoms with Crippen LogP contribution in [0.5, 0.6) is 0 Å². The number of esters is 1. The number of anilines is 3. The van der Waals surface area contributed by atoms with Gasteiger partial charge in [-0.2, -0.15) is 0 Å². The SMILES string of the molecule is CCOC(=O)CC(c1ccc(C)c(CN(C)CCN(C)c2ccccc2C)c1)c1ccc(NC)c(NN)c1C. The predicted molar refractivity (Wildman–Crippen MR) is 164 cm³/mol. The highest BCUT2D eigenvalue weighted by Crippen LogP contribution is 2.37. The zero-order valence-corrected chi connectivity index (χ0v) is 24.6. The summed E-state index contributed by atoms with van der Waals surface area (Å²) in [7, 11) is 6.18. The highest BCUT2D eigenvalue weighted by molar-refractivity contribution is 5.76. The quantitative estimate of drug-likeness (QED) is 0.151. The van der Waals surface area contributed by atoms with E-state index in [4.69, 9.17) is 10.6 Å². The molecule has 0 bridgehead atoms. The second kappa shape index (κ2) is 14.0. The molecule has 0 radical (unpaired) electrons. The Hall–Kier alpha value is -3.55. The maximum atomic E-state index is 12.7. The second-order valence-electron chi connectivity index (χ2n) is 10.3. The normalized spacial score (nSPS) is 11.8. The Balaban J connectivity index is 1.86. The standard InChI is InChI=1S/C32H45N5O2/c1-8-39-31(38)20-28(27-15-16-29(34-5)32(35-33)24(27)4)25-14-13-22(2)26(19-25)21-36(6)17-18-37(7)30-12-10-9-11-23(30)3/h9-16,19,28,34-35H,8,17-18,20-21,33H2,1-7H3. The van der Waals surface area contributed by atoms with Gasteiger partial charge in [0.05, 0.1) is 24.4 Å². The number of hydrogen-bond donors (Lipinski definition) is 3. The second-order valence-corrected chi connectivity index (χ2v) is 10.3. The Morgan fingerprint density at radius 1 is 1.00 bits per heavy atom. The highest BCUT2D eigenvalue weighted by atomic mass is 16.5. The van der Waals surface area contributed by atoms with Gasteiger partial charge in [-0.05, 0) is 80.3 Å². The third kappa shape index (κ3) is 7.52. The molecule has 0 saturated carbocycles. The first-order valence-corrected chi connectivity index (χ1v) is 13.7. The molecule has 0 amide bonds. The molecule has 7 nitrogen and oxygen atoms in total. The van der Waals surface area contributed by atoms with Crippen molar-refractivity contribution in [3.8, 4) is 0 Å². The third-order valence-corrected chi connectivity index (χ3v) is 7.53. The zero-order chi connectivity index (χ0) is 28.5. The molecular formula is C32H45N5O2. The molecule has 0 fully saturated rings. The lowest BCUT2D eigenvalue weighted by molar-refractivity contribution is -0.143. The van der Waals surface area contributed by atoms with E-state index < -0.39 is 0 Å². The number of nitrogen functional groups attached to an aromatic ring is 1. The van der Waals surface area contributed by atoms with Crippen molar-refractivity contribution >= 4 is 23.0 Å². The van der Waals surface area contributed by atoms with E-state index in [0.717, 1.165) is 47.7 Å². The van der Waals surface area contributed by atoms with Gasteiger partial charge in [0.2, 0.25) is 0 Å². The van der Waals surface area contributed by atoms with E-state index in [9.17, 15) is 4.79 Å². The lowest BCUT2D eigenvalue weighted by atomic mass is 9.84. The number of hydrazine groups is 1. The molecule has 7 heteroatoms. The summed E-state index contributed by atoms with van der Waals surface area (Å²) in [6, 6.07) is 19.1. The van der Waals surface area contributed by atoms with Crippen LogP contribution in [-0.4, -0.2) is 51.7 Å². The van der Waals surface area contributed by atoms with E-state index in [2.05, 4.69) is 97.0 Å². The van der Waals surface area contributed by atoms with Gasteiger partial charge in [-0.15, -0.1) is 0 Å². The number of rotatable bonds is 13.